The number of sulfonamides is 1. The molecule has 94 valence electrons. The molecule has 0 radical (unpaired) electrons. The van der Waals surface area contributed by atoms with Crippen molar-refractivity contribution < 1.29 is 17.6 Å². The highest BCUT2D eigenvalue weighted by Gasteiger charge is 2.22. The first-order valence-corrected chi connectivity index (χ1v) is 6.50. The second-order valence-electron chi connectivity index (χ2n) is 3.71. The maximum Gasteiger partial charge on any atom is 0.245 e. The minimum Gasteiger partial charge on any atom is -0.294 e. The van der Waals surface area contributed by atoms with Crippen LogP contribution in [0.4, 0.5) is 4.39 Å². The molecule has 1 rings (SSSR count). The summed E-state index contributed by atoms with van der Waals surface area (Å²) in [4.78, 5) is 11.0. The predicted molar refractivity (Wildman–Crippen MR) is 61.9 cm³/mol. The molecule has 0 aromatic heterocycles. The topological polar surface area (TPSA) is 54.5 Å². The Morgan fingerprint density at radius 1 is 1.35 bits per heavy atom. The third-order valence-electron chi connectivity index (χ3n) is 2.33. The molecule has 6 heteroatoms. The fraction of sp³-hybridized carbons (Fsp3) is 0.364. The fourth-order valence-electron chi connectivity index (χ4n) is 1.28. The molecule has 0 aliphatic carbocycles. The van der Waals surface area contributed by atoms with Gasteiger partial charge >= 0.3 is 0 Å². The molecule has 0 heterocycles. The van der Waals surface area contributed by atoms with Crippen molar-refractivity contribution in [3.8, 4) is 0 Å². The Balaban J connectivity index is 3.40. The van der Waals surface area contributed by atoms with Gasteiger partial charge in [0.1, 0.15) is 10.7 Å². The minimum absolute atomic E-state index is 0.203. The number of nitrogens with zero attached hydrogens (tertiary/aromatic N) is 1. The molecule has 0 amide bonds. The summed E-state index contributed by atoms with van der Waals surface area (Å²) in [5.41, 5.74) is 0.203. The first-order chi connectivity index (χ1) is 7.80. The lowest BCUT2D eigenvalue weighted by molar-refractivity contribution is 0.0988. The van der Waals surface area contributed by atoms with Gasteiger partial charge in [0.25, 0.3) is 0 Å². The number of hydrogen-bond donors (Lipinski definition) is 0. The smallest absolute Gasteiger partial charge is 0.245 e. The highest BCUT2D eigenvalue weighted by atomic mass is 32.2. The Kier molecular flexibility index (Phi) is 4.00. The number of ketones is 1. The van der Waals surface area contributed by atoms with Crippen molar-refractivity contribution in [1.82, 2.24) is 4.31 Å². The summed E-state index contributed by atoms with van der Waals surface area (Å²) in [6.07, 6.45) is 0.243. The van der Waals surface area contributed by atoms with Gasteiger partial charge < -0.3 is 0 Å². The average Bonchev–Trinajstić information content (AvgIpc) is 2.28. The zero-order valence-electron chi connectivity index (χ0n) is 9.90. The van der Waals surface area contributed by atoms with E-state index in [1.54, 1.807) is 6.92 Å². The molecule has 0 N–H and O–H groups in total. The Labute approximate surface area is 100 Å². The van der Waals surface area contributed by atoms with E-state index in [0.29, 0.717) is 0 Å². The Hall–Kier alpha value is -1.27. The lowest BCUT2D eigenvalue weighted by Gasteiger charge is -2.12. The van der Waals surface area contributed by atoms with Crippen molar-refractivity contribution >= 4 is 15.8 Å². The Morgan fingerprint density at radius 3 is 2.41 bits per heavy atom. The van der Waals surface area contributed by atoms with Crippen LogP contribution in [0.3, 0.4) is 0 Å². The average molecular weight is 259 g/mol. The molecule has 0 atom stereocenters. The Bertz CT molecular complexity index is 538. The van der Waals surface area contributed by atoms with Gasteiger partial charge in [0.2, 0.25) is 10.0 Å². The monoisotopic (exact) mass is 259 g/mol. The van der Waals surface area contributed by atoms with Crippen LogP contribution in [0.2, 0.25) is 0 Å². The number of hydrogen-bond acceptors (Lipinski definition) is 3. The van der Waals surface area contributed by atoms with Crippen LogP contribution in [0.25, 0.3) is 0 Å². The number of rotatable bonds is 4. The van der Waals surface area contributed by atoms with E-state index in [1.165, 1.54) is 20.2 Å². The molecule has 0 aliphatic rings. The molecule has 1 aromatic rings. The van der Waals surface area contributed by atoms with Gasteiger partial charge in [-0.3, -0.25) is 4.79 Å². The van der Waals surface area contributed by atoms with Crippen LogP contribution in [0.1, 0.15) is 23.7 Å². The predicted octanol–water partition coefficient (Wildman–Crippen LogP) is 1.67. The zero-order chi connectivity index (χ0) is 13.2. The molecule has 4 nitrogen and oxygen atoms in total. The third-order valence-corrected chi connectivity index (χ3v) is 4.16. The van der Waals surface area contributed by atoms with Crippen molar-refractivity contribution in [1.29, 1.82) is 0 Å². The van der Waals surface area contributed by atoms with Gasteiger partial charge in [-0.1, -0.05) is 6.92 Å². The maximum atomic E-state index is 13.5. The minimum atomic E-state index is -3.87. The number of benzene rings is 1. The molecular weight excluding hydrogens is 245 g/mol. The summed E-state index contributed by atoms with van der Waals surface area (Å²) >= 11 is 0. The van der Waals surface area contributed by atoms with Gasteiger partial charge in [-0.2, -0.15) is 0 Å². The summed E-state index contributed by atoms with van der Waals surface area (Å²) in [7, 11) is -1.25. The first kappa shape index (κ1) is 13.8. The maximum absolute atomic E-state index is 13.5. The SMILES string of the molecule is CCC(=O)c1ccc(F)c(S(=O)(=O)N(C)C)c1. The van der Waals surface area contributed by atoms with Gasteiger partial charge in [0.15, 0.2) is 5.78 Å². The van der Waals surface area contributed by atoms with E-state index < -0.39 is 20.7 Å². The second kappa shape index (κ2) is 4.93. The molecule has 0 unspecified atom stereocenters. The molecule has 0 saturated heterocycles. The van der Waals surface area contributed by atoms with Crippen molar-refractivity contribution in [2.75, 3.05) is 14.1 Å². The lowest BCUT2D eigenvalue weighted by Crippen LogP contribution is -2.23. The van der Waals surface area contributed by atoms with Crippen molar-refractivity contribution in [2.24, 2.45) is 0 Å². The van der Waals surface area contributed by atoms with Crippen molar-refractivity contribution in [2.45, 2.75) is 18.2 Å². The van der Waals surface area contributed by atoms with E-state index in [9.17, 15) is 17.6 Å². The molecule has 17 heavy (non-hydrogen) atoms. The summed E-state index contributed by atoms with van der Waals surface area (Å²) in [6.45, 7) is 1.66. The van der Waals surface area contributed by atoms with E-state index in [4.69, 9.17) is 0 Å². The third kappa shape index (κ3) is 2.70. The summed E-state index contributed by atoms with van der Waals surface area (Å²) in [5.74, 6) is -1.08. The zero-order valence-corrected chi connectivity index (χ0v) is 10.7. The molecule has 1 aromatic carbocycles. The second-order valence-corrected chi connectivity index (χ2v) is 5.83. The largest absolute Gasteiger partial charge is 0.294 e. The highest BCUT2D eigenvalue weighted by molar-refractivity contribution is 7.89. The van der Waals surface area contributed by atoms with Crippen LogP contribution >= 0.6 is 0 Å². The number of halogens is 1. The summed E-state index contributed by atoms with van der Waals surface area (Å²) in [5, 5.41) is 0. The number of carbonyl (C=O) groups is 1. The summed E-state index contributed by atoms with van der Waals surface area (Å²) in [6, 6.07) is 3.37. The van der Waals surface area contributed by atoms with Gasteiger partial charge in [-0.15, -0.1) is 0 Å². The molecular formula is C11H14FNO3S. The Morgan fingerprint density at radius 2 is 1.94 bits per heavy atom. The molecule has 0 fully saturated rings. The first-order valence-electron chi connectivity index (χ1n) is 5.06. The van der Waals surface area contributed by atoms with Crippen LogP contribution < -0.4 is 0 Å². The fourth-order valence-corrected chi connectivity index (χ4v) is 2.26. The van der Waals surface area contributed by atoms with Crippen molar-refractivity contribution in [3.63, 3.8) is 0 Å². The molecule has 0 aliphatic heterocycles. The van der Waals surface area contributed by atoms with Crippen LogP contribution in [-0.2, 0) is 10.0 Å². The highest BCUT2D eigenvalue weighted by Crippen LogP contribution is 2.19. The lowest BCUT2D eigenvalue weighted by atomic mass is 10.1. The van der Waals surface area contributed by atoms with Crippen LogP contribution in [0, 0.1) is 5.82 Å². The van der Waals surface area contributed by atoms with E-state index >= 15 is 0 Å². The normalized spacial score (nSPS) is 11.8. The summed E-state index contributed by atoms with van der Waals surface area (Å²) < 4.78 is 38.0. The van der Waals surface area contributed by atoms with E-state index in [1.807, 2.05) is 0 Å². The van der Waals surface area contributed by atoms with Crippen LogP contribution in [0.15, 0.2) is 23.1 Å². The molecule has 0 bridgehead atoms. The quantitative estimate of drug-likeness (QED) is 0.773. The van der Waals surface area contributed by atoms with Gasteiger partial charge in [0.05, 0.1) is 0 Å². The number of carbonyl (C=O) groups excluding carboxylic acids is 1. The van der Waals surface area contributed by atoms with Gasteiger partial charge in [0, 0.05) is 26.1 Å². The van der Waals surface area contributed by atoms with Crippen LogP contribution in [0.5, 0.6) is 0 Å². The van der Waals surface area contributed by atoms with Gasteiger partial charge in [-0.25, -0.2) is 17.1 Å². The van der Waals surface area contributed by atoms with E-state index in [-0.39, 0.29) is 17.8 Å². The standard InChI is InChI=1S/C11H14FNO3S/c1-4-10(14)8-5-6-9(12)11(7-8)17(15,16)13(2)3/h5-7H,4H2,1-3H3. The van der Waals surface area contributed by atoms with E-state index in [2.05, 4.69) is 0 Å². The van der Waals surface area contributed by atoms with Gasteiger partial charge in [-0.05, 0) is 18.2 Å². The van der Waals surface area contributed by atoms with Crippen LogP contribution in [-0.4, -0.2) is 32.6 Å². The molecule has 0 spiro atoms. The number of Topliss-reactive ketones (excluding diaryl/α,β-unsaturated/α-hetero) is 1. The van der Waals surface area contributed by atoms with E-state index in [0.717, 1.165) is 16.4 Å². The molecule has 0 saturated carbocycles. The van der Waals surface area contributed by atoms with Crippen molar-refractivity contribution in [3.05, 3.63) is 29.6 Å².